The summed E-state index contributed by atoms with van der Waals surface area (Å²) in [5, 5.41) is 16.5. The van der Waals surface area contributed by atoms with E-state index in [1.807, 2.05) is 13.8 Å². The number of carbonyl (C=O) groups is 5. The summed E-state index contributed by atoms with van der Waals surface area (Å²) in [6.07, 6.45) is 1.37. The maximum absolute atomic E-state index is 13.0. The fourth-order valence-electron chi connectivity index (χ4n) is 3.73. The molecule has 186 valence electrons. The van der Waals surface area contributed by atoms with Crippen LogP contribution in [-0.4, -0.2) is 70.9 Å². The predicted molar refractivity (Wildman–Crippen MR) is 122 cm³/mol. The topological polar surface area (TPSA) is 157 Å². The van der Waals surface area contributed by atoms with Gasteiger partial charge < -0.3 is 20.9 Å². The van der Waals surface area contributed by atoms with Gasteiger partial charge in [-0.15, -0.1) is 0 Å². The molecular weight excluding hydrogens is 442 g/mol. The van der Waals surface area contributed by atoms with Crippen LogP contribution in [0.2, 0.25) is 0 Å². The third kappa shape index (κ3) is 7.55. The van der Waals surface area contributed by atoms with Crippen LogP contribution in [0.5, 0.6) is 0 Å². The molecule has 11 nitrogen and oxygen atoms in total. The maximum Gasteiger partial charge on any atom is 0.265 e. The average molecular weight is 476 g/mol. The van der Waals surface area contributed by atoms with Gasteiger partial charge in [-0.3, -0.25) is 29.2 Å². The summed E-state index contributed by atoms with van der Waals surface area (Å²) in [6.45, 7) is 5.29. The molecule has 0 radical (unpaired) electrons. The first-order valence-corrected chi connectivity index (χ1v) is 11.3. The number of carbonyl (C=O) groups excluding carboxylic acids is 5. The molecule has 5 amide bonds. The molecule has 0 spiro atoms. The van der Waals surface area contributed by atoms with Gasteiger partial charge >= 0.3 is 0 Å². The third-order valence-electron chi connectivity index (χ3n) is 5.51. The molecule has 1 fully saturated rings. The van der Waals surface area contributed by atoms with Crippen LogP contribution >= 0.6 is 0 Å². The molecule has 0 saturated carbocycles. The fourth-order valence-corrected chi connectivity index (χ4v) is 3.73. The molecule has 1 saturated heterocycles. The zero-order valence-corrected chi connectivity index (χ0v) is 19.7. The van der Waals surface area contributed by atoms with Crippen LogP contribution in [0, 0.1) is 5.92 Å². The monoisotopic (exact) mass is 475 g/mol. The summed E-state index contributed by atoms with van der Waals surface area (Å²) in [6, 6.07) is 5.81. The van der Waals surface area contributed by atoms with E-state index in [0.717, 1.165) is 0 Å². The standard InChI is InChI=1S/C23H33N5O6/c1-14(2)12-17(22(32)25-15(3)20(30)27-34)26-23(33)18-10-7-11-28(18)19(29)13-24-21(31)16-8-5-4-6-9-16/h4-6,8-9,14-15,17-18,34H,7,10-13H2,1-3H3,(H,24,31)(H,25,32)(H,26,33)(H,27,30)/t15-,17-,18+/m1/s1. The van der Waals surface area contributed by atoms with E-state index in [2.05, 4.69) is 16.0 Å². The number of rotatable bonds is 10. The van der Waals surface area contributed by atoms with Gasteiger partial charge in [0.15, 0.2) is 0 Å². The highest BCUT2D eigenvalue weighted by molar-refractivity contribution is 5.98. The summed E-state index contributed by atoms with van der Waals surface area (Å²) >= 11 is 0. The molecule has 1 aliphatic heterocycles. The van der Waals surface area contributed by atoms with E-state index >= 15 is 0 Å². The number of likely N-dealkylation sites (tertiary alicyclic amines) is 1. The van der Waals surface area contributed by atoms with Crippen LogP contribution < -0.4 is 21.4 Å². The van der Waals surface area contributed by atoms with Crippen molar-refractivity contribution in [3.8, 4) is 0 Å². The first kappa shape index (κ1) is 26.8. The second-order valence-electron chi connectivity index (χ2n) is 8.69. The molecule has 1 aliphatic rings. The lowest BCUT2D eigenvalue weighted by Gasteiger charge is -2.27. The molecule has 11 heteroatoms. The Morgan fingerprint density at radius 2 is 1.71 bits per heavy atom. The normalized spacial score (nSPS) is 17.0. The summed E-state index contributed by atoms with van der Waals surface area (Å²) in [7, 11) is 0. The molecule has 0 aromatic heterocycles. The average Bonchev–Trinajstić information content (AvgIpc) is 3.31. The lowest BCUT2D eigenvalue weighted by molar-refractivity contribution is -0.139. The Kier molecular flexibility index (Phi) is 9.99. The Morgan fingerprint density at radius 3 is 2.32 bits per heavy atom. The number of nitrogens with zero attached hydrogens (tertiary/aromatic N) is 1. The first-order chi connectivity index (χ1) is 16.1. The highest BCUT2D eigenvalue weighted by Gasteiger charge is 2.36. The highest BCUT2D eigenvalue weighted by Crippen LogP contribution is 2.18. The van der Waals surface area contributed by atoms with Crippen molar-refractivity contribution in [1.82, 2.24) is 26.3 Å². The Hall–Kier alpha value is -3.47. The summed E-state index contributed by atoms with van der Waals surface area (Å²) < 4.78 is 0. The van der Waals surface area contributed by atoms with Gasteiger partial charge in [-0.25, -0.2) is 5.48 Å². The zero-order chi connectivity index (χ0) is 25.3. The summed E-state index contributed by atoms with van der Waals surface area (Å²) in [5.74, 6) is -2.53. The lowest BCUT2D eigenvalue weighted by Crippen LogP contribution is -2.56. The van der Waals surface area contributed by atoms with Crippen molar-refractivity contribution in [2.24, 2.45) is 5.92 Å². The van der Waals surface area contributed by atoms with Gasteiger partial charge in [0.2, 0.25) is 17.7 Å². The number of amides is 5. The smallest absolute Gasteiger partial charge is 0.265 e. The Labute approximate surface area is 198 Å². The molecule has 34 heavy (non-hydrogen) atoms. The minimum Gasteiger partial charge on any atom is -0.343 e. The van der Waals surface area contributed by atoms with Crippen molar-refractivity contribution < 1.29 is 29.2 Å². The van der Waals surface area contributed by atoms with Crippen molar-refractivity contribution in [2.45, 2.75) is 58.2 Å². The third-order valence-corrected chi connectivity index (χ3v) is 5.51. The molecular formula is C23H33N5O6. The molecule has 3 atom stereocenters. The van der Waals surface area contributed by atoms with E-state index in [4.69, 9.17) is 5.21 Å². The number of hydrogen-bond acceptors (Lipinski definition) is 6. The van der Waals surface area contributed by atoms with Gasteiger partial charge in [0.25, 0.3) is 11.8 Å². The molecule has 1 aromatic carbocycles. The maximum atomic E-state index is 13.0. The molecule has 1 heterocycles. The number of nitrogens with one attached hydrogen (secondary N) is 4. The van der Waals surface area contributed by atoms with E-state index in [-0.39, 0.29) is 24.3 Å². The van der Waals surface area contributed by atoms with E-state index in [0.29, 0.717) is 31.4 Å². The highest BCUT2D eigenvalue weighted by atomic mass is 16.5. The SMILES string of the molecule is CC(C)C[C@@H](NC(=O)[C@@H]1CCCN1C(=O)CNC(=O)c1ccccc1)C(=O)N[C@H](C)C(=O)NO. The Bertz CT molecular complexity index is 891. The van der Waals surface area contributed by atoms with Crippen LogP contribution in [0.4, 0.5) is 0 Å². The van der Waals surface area contributed by atoms with Crippen LogP contribution in [0.15, 0.2) is 30.3 Å². The molecule has 0 unspecified atom stereocenters. The second kappa shape index (κ2) is 12.7. The van der Waals surface area contributed by atoms with Crippen molar-refractivity contribution in [1.29, 1.82) is 0 Å². The fraction of sp³-hybridized carbons (Fsp3) is 0.522. The summed E-state index contributed by atoms with van der Waals surface area (Å²) in [4.78, 5) is 63.5. The molecule has 0 bridgehead atoms. The second-order valence-corrected chi connectivity index (χ2v) is 8.69. The van der Waals surface area contributed by atoms with Crippen LogP contribution in [0.3, 0.4) is 0 Å². The van der Waals surface area contributed by atoms with Gasteiger partial charge in [0, 0.05) is 12.1 Å². The van der Waals surface area contributed by atoms with Crippen molar-refractivity contribution in [3.63, 3.8) is 0 Å². The van der Waals surface area contributed by atoms with E-state index in [9.17, 15) is 24.0 Å². The van der Waals surface area contributed by atoms with Gasteiger partial charge in [0.05, 0.1) is 6.54 Å². The van der Waals surface area contributed by atoms with Gasteiger partial charge in [-0.1, -0.05) is 32.0 Å². The summed E-state index contributed by atoms with van der Waals surface area (Å²) in [5.41, 5.74) is 1.90. The van der Waals surface area contributed by atoms with Gasteiger partial charge in [0.1, 0.15) is 18.1 Å². The Morgan fingerprint density at radius 1 is 1.03 bits per heavy atom. The molecule has 2 rings (SSSR count). The minimum atomic E-state index is -0.998. The molecule has 1 aromatic rings. The quantitative estimate of drug-likeness (QED) is 0.236. The van der Waals surface area contributed by atoms with Gasteiger partial charge in [-0.2, -0.15) is 0 Å². The number of hydrogen-bond donors (Lipinski definition) is 5. The van der Waals surface area contributed by atoms with Crippen molar-refractivity contribution >= 4 is 29.5 Å². The van der Waals surface area contributed by atoms with Crippen LogP contribution in [0.1, 0.15) is 50.4 Å². The van der Waals surface area contributed by atoms with Crippen LogP contribution in [-0.2, 0) is 19.2 Å². The molecule has 5 N–H and O–H groups in total. The van der Waals surface area contributed by atoms with Crippen molar-refractivity contribution in [3.05, 3.63) is 35.9 Å². The first-order valence-electron chi connectivity index (χ1n) is 11.3. The van der Waals surface area contributed by atoms with E-state index in [1.54, 1.807) is 30.3 Å². The van der Waals surface area contributed by atoms with E-state index < -0.39 is 35.8 Å². The van der Waals surface area contributed by atoms with E-state index in [1.165, 1.54) is 17.3 Å². The minimum absolute atomic E-state index is 0.0625. The lowest BCUT2D eigenvalue weighted by atomic mass is 10.0. The van der Waals surface area contributed by atoms with Crippen LogP contribution in [0.25, 0.3) is 0 Å². The zero-order valence-electron chi connectivity index (χ0n) is 19.7. The van der Waals surface area contributed by atoms with Gasteiger partial charge in [-0.05, 0) is 44.2 Å². The number of benzene rings is 1. The van der Waals surface area contributed by atoms with Crippen molar-refractivity contribution in [2.75, 3.05) is 13.1 Å². The number of hydroxylamine groups is 1. The Balaban J connectivity index is 1.99. The predicted octanol–water partition coefficient (Wildman–Crippen LogP) is -0.0516. The largest absolute Gasteiger partial charge is 0.343 e. The molecule has 0 aliphatic carbocycles.